The summed E-state index contributed by atoms with van der Waals surface area (Å²) in [6.45, 7) is 2.55. The molecule has 1 aliphatic carbocycles. The van der Waals surface area contributed by atoms with E-state index in [1.807, 2.05) is 24.3 Å². The molecule has 1 amide bonds. The molecule has 0 bridgehead atoms. The minimum atomic E-state index is -0.247. The van der Waals surface area contributed by atoms with Crippen LogP contribution in [0.15, 0.2) is 36.5 Å². The Morgan fingerprint density at radius 1 is 1.06 bits per heavy atom. The van der Waals surface area contributed by atoms with Crippen LogP contribution in [-0.4, -0.2) is 53.3 Å². The van der Waals surface area contributed by atoms with E-state index in [0.29, 0.717) is 42.3 Å². The molecule has 9 nitrogen and oxygen atoms in total. The normalized spacial score (nSPS) is 17.7. The summed E-state index contributed by atoms with van der Waals surface area (Å²) in [6, 6.07) is 9.11. The highest BCUT2D eigenvalue weighted by atomic mass is 16.5. The van der Waals surface area contributed by atoms with Gasteiger partial charge in [-0.2, -0.15) is 5.10 Å². The minimum absolute atomic E-state index is 0.00489. The summed E-state index contributed by atoms with van der Waals surface area (Å²) in [5, 5.41) is 7.60. The summed E-state index contributed by atoms with van der Waals surface area (Å²) in [4.78, 5) is 29.5. The zero-order valence-electron chi connectivity index (χ0n) is 20.5. The van der Waals surface area contributed by atoms with E-state index in [1.54, 1.807) is 31.0 Å². The largest absolute Gasteiger partial charge is 0.493 e. The first-order chi connectivity index (χ1) is 17.0. The van der Waals surface area contributed by atoms with Crippen LogP contribution >= 0.6 is 0 Å². The Hall–Kier alpha value is -3.62. The molecule has 2 heterocycles. The van der Waals surface area contributed by atoms with Crippen LogP contribution < -0.4 is 14.8 Å². The van der Waals surface area contributed by atoms with Gasteiger partial charge < -0.3 is 19.5 Å². The van der Waals surface area contributed by atoms with Crippen molar-refractivity contribution < 1.29 is 23.8 Å². The first kappa shape index (κ1) is 24.5. The number of rotatable bonds is 9. The maximum atomic E-state index is 13.0. The van der Waals surface area contributed by atoms with E-state index < -0.39 is 0 Å². The van der Waals surface area contributed by atoms with Crippen LogP contribution in [0.5, 0.6) is 11.5 Å². The van der Waals surface area contributed by atoms with Gasteiger partial charge in [-0.15, -0.1) is 0 Å². The summed E-state index contributed by atoms with van der Waals surface area (Å²) in [5.41, 5.74) is 2.50. The number of carbonyl (C=O) groups excluding carboxylic acids is 2. The average Bonchev–Trinajstić information content (AvgIpc) is 3.33. The lowest BCUT2D eigenvalue weighted by Gasteiger charge is -2.27. The Labute approximate surface area is 204 Å². The molecule has 0 spiro atoms. The molecule has 0 atom stereocenters. The van der Waals surface area contributed by atoms with Crippen LogP contribution in [0.25, 0.3) is 16.9 Å². The number of hydrogen-bond donors (Lipinski definition) is 1. The molecular formula is C26H32N4O5. The van der Waals surface area contributed by atoms with Gasteiger partial charge in [0, 0.05) is 23.9 Å². The molecule has 3 aromatic rings. The third-order valence-electron chi connectivity index (χ3n) is 6.41. The number of amides is 1. The van der Waals surface area contributed by atoms with E-state index in [0.717, 1.165) is 36.9 Å². The van der Waals surface area contributed by atoms with Gasteiger partial charge in [0.2, 0.25) is 0 Å². The van der Waals surface area contributed by atoms with Crippen LogP contribution in [-0.2, 0) is 9.53 Å². The van der Waals surface area contributed by atoms with Crippen molar-refractivity contribution in [1.29, 1.82) is 0 Å². The fourth-order valence-electron chi connectivity index (χ4n) is 4.39. The molecule has 1 aliphatic rings. The molecule has 4 rings (SSSR count). The molecule has 0 saturated heterocycles. The zero-order chi connectivity index (χ0) is 24.8. The van der Waals surface area contributed by atoms with E-state index in [1.165, 1.54) is 0 Å². The quantitative estimate of drug-likeness (QED) is 0.364. The Bertz CT molecular complexity index is 1180. The van der Waals surface area contributed by atoms with Crippen molar-refractivity contribution in [3.63, 3.8) is 0 Å². The highest BCUT2D eigenvalue weighted by Crippen LogP contribution is 2.32. The Morgan fingerprint density at radius 2 is 1.83 bits per heavy atom. The SMILES string of the molecule is CCCCOC(=O)[C@H]1CC[C@H](NC(=O)c2cc3nccc(-c4ccc(OC)c(OC)c4)n3n2)CC1. The monoisotopic (exact) mass is 480 g/mol. The van der Waals surface area contributed by atoms with Crippen molar-refractivity contribution in [1.82, 2.24) is 19.9 Å². The number of unbranched alkanes of at least 4 members (excludes halogenated alkanes) is 1. The topological polar surface area (TPSA) is 104 Å². The molecule has 1 N–H and O–H groups in total. The minimum Gasteiger partial charge on any atom is -0.493 e. The molecule has 186 valence electrons. The van der Waals surface area contributed by atoms with Gasteiger partial charge in [-0.1, -0.05) is 13.3 Å². The summed E-state index contributed by atoms with van der Waals surface area (Å²) in [7, 11) is 3.18. The van der Waals surface area contributed by atoms with E-state index in [-0.39, 0.29) is 23.8 Å². The van der Waals surface area contributed by atoms with Crippen LogP contribution in [0.2, 0.25) is 0 Å². The Morgan fingerprint density at radius 3 is 2.54 bits per heavy atom. The summed E-state index contributed by atoms with van der Waals surface area (Å²) in [5.74, 6) is 0.791. The number of ether oxygens (including phenoxy) is 3. The van der Waals surface area contributed by atoms with E-state index >= 15 is 0 Å². The standard InChI is InChI=1S/C26H32N4O5/c1-4-5-14-35-26(32)17-6-9-19(10-7-17)28-25(31)20-16-24-27-13-12-21(30(24)29-20)18-8-11-22(33-2)23(15-18)34-3/h8,11-13,15-17,19H,4-7,9-10,14H2,1-3H3,(H,28,31)/t17-,19-. The van der Waals surface area contributed by atoms with Crippen LogP contribution in [0.4, 0.5) is 0 Å². The molecule has 0 radical (unpaired) electrons. The van der Waals surface area contributed by atoms with Crippen molar-refractivity contribution in [3.8, 4) is 22.8 Å². The fourth-order valence-corrected chi connectivity index (χ4v) is 4.39. The third-order valence-corrected chi connectivity index (χ3v) is 6.41. The van der Waals surface area contributed by atoms with Crippen molar-refractivity contribution in [2.75, 3.05) is 20.8 Å². The van der Waals surface area contributed by atoms with Crippen molar-refractivity contribution >= 4 is 17.5 Å². The molecular weight excluding hydrogens is 448 g/mol. The molecule has 1 aromatic carbocycles. The lowest BCUT2D eigenvalue weighted by atomic mass is 9.86. The maximum absolute atomic E-state index is 13.0. The van der Waals surface area contributed by atoms with Gasteiger partial charge in [0.1, 0.15) is 0 Å². The summed E-state index contributed by atoms with van der Waals surface area (Å²) < 4.78 is 17.8. The lowest BCUT2D eigenvalue weighted by molar-refractivity contribution is -0.149. The van der Waals surface area contributed by atoms with Crippen LogP contribution in [0.1, 0.15) is 55.9 Å². The van der Waals surface area contributed by atoms with Crippen molar-refractivity contribution in [2.24, 2.45) is 5.92 Å². The smallest absolute Gasteiger partial charge is 0.308 e. The number of fused-ring (bicyclic) bond motifs is 1. The van der Waals surface area contributed by atoms with E-state index in [4.69, 9.17) is 14.2 Å². The van der Waals surface area contributed by atoms with Crippen molar-refractivity contribution in [2.45, 2.75) is 51.5 Å². The molecule has 35 heavy (non-hydrogen) atoms. The first-order valence-corrected chi connectivity index (χ1v) is 12.1. The molecule has 0 unspecified atom stereocenters. The van der Waals surface area contributed by atoms with E-state index in [2.05, 4.69) is 22.3 Å². The number of carbonyl (C=O) groups is 2. The maximum Gasteiger partial charge on any atom is 0.308 e. The number of esters is 1. The van der Waals surface area contributed by atoms with Gasteiger partial charge in [-0.25, -0.2) is 9.50 Å². The third kappa shape index (κ3) is 5.55. The first-order valence-electron chi connectivity index (χ1n) is 12.1. The fraction of sp³-hybridized carbons (Fsp3) is 0.462. The van der Waals surface area contributed by atoms with Gasteiger partial charge in [0.25, 0.3) is 5.91 Å². The van der Waals surface area contributed by atoms with Gasteiger partial charge in [0.15, 0.2) is 22.8 Å². The lowest BCUT2D eigenvalue weighted by Crippen LogP contribution is -2.39. The zero-order valence-corrected chi connectivity index (χ0v) is 20.5. The Balaban J connectivity index is 1.43. The van der Waals surface area contributed by atoms with Crippen molar-refractivity contribution in [3.05, 3.63) is 42.2 Å². The van der Waals surface area contributed by atoms with Crippen LogP contribution in [0.3, 0.4) is 0 Å². The molecule has 2 aromatic heterocycles. The van der Waals surface area contributed by atoms with Gasteiger partial charge >= 0.3 is 5.97 Å². The molecule has 1 fully saturated rings. The van der Waals surface area contributed by atoms with E-state index in [9.17, 15) is 9.59 Å². The van der Waals surface area contributed by atoms with Gasteiger partial charge in [-0.3, -0.25) is 9.59 Å². The predicted octanol–water partition coefficient (Wildman–Crippen LogP) is 4.05. The summed E-state index contributed by atoms with van der Waals surface area (Å²) in [6.07, 6.45) is 6.48. The molecule has 0 aliphatic heterocycles. The number of hydrogen-bond acceptors (Lipinski definition) is 7. The number of methoxy groups -OCH3 is 2. The molecule has 1 saturated carbocycles. The average molecular weight is 481 g/mol. The second kappa shape index (κ2) is 11.2. The predicted molar refractivity (Wildman–Crippen MR) is 131 cm³/mol. The highest BCUT2D eigenvalue weighted by molar-refractivity contribution is 5.93. The Kier molecular flexibility index (Phi) is 7.84. The number of nitrogens with one attached hydrogen (secondary N) is 1. The number of aromatic nitrogens is 3. The van der Waals surface area contributed by atoms with Gasteiger partial charge in [-0.05, 0) is 56.4 Å². The second-order valence-corrected chi connectivity index (χ2v) is 8.74. The highest BCUT2D eigenvalue weighted by Gasteiger charge is 2.28. The summed E-state index contributed by atoms with van der Waals surface area (Å²) >= 11 is 0. The number of nitrogens with zero attached hydrogens (tertiary/aromatic N) is 3. The second-order valence-electron chi connectivity index (χ2n) is 8.74. The number of benzene rings is 1. The van der Waals surface area contributed by atoms with Crippen LogP contribution in [0, 0.1) is 5.92 Å². The molecule has 9 heteroatoms. The van der Waals surface area contributed by atoms with Gasteiger partial charge in [0.05, 0.1) is 32.4 Å².